The summed E-state index contributed by atoms with van der Waals surface area (Å²) in [6.45, 7) is 14.7. The molecule has 1 atom stereocenters. The van der Waals surface area contributed by atoms with Gasteiger partial charge in [-0.15, -0.1) is 11.3 Å². The van der Waals surface area contributed by atoms with E-state index >= 15 is 0 Å². The molecule has 0 aliphatic carbocycles. The average Bonchev–Trinajstić information content (AvgIpc) is 2.78. The van der Waals surface area contributed by atoms with Crippen LogP contribution in [0.25, 0.3) is 0 Å². The van der Waals surface area contributed by atoms with Crippen molar-refractivity contribution in [3.8, 4) is 0 Å². The molecule has 0 spiro atoms. The zero-order valence-electron chi connectivity index (χ0n) is 13.9. The van der Waals surface area contributed by atoms with E-state index in [1.165, 1.54) is 10.6 Å². The van der Waals surface area contributed by atoms with Gasteiger partial charge in [0, 0.05) is 23.6 Å². The molecule has 1 aromatic rings. The summed E-state index contributed by atoms with van der Waals surface area (Å²) in [6, 6.07) is 0. The zero-order chi connectivity index (χ0) is 15.2. The van der Waals surface area contributed by atoms with Gasteiger partial charge >= 0.3 is 0 Å². The van der Waals surface area contributed by atoms with E-state index < -0.39 is 0 Å². The van der Waals surface area contributed by atoms with Crippen LogP contribution < -0.4 is 5.32 Å². The molecule has 0 bridgehead atoms. The lowest BCUT2D eigenvalue weighted by Gasteiger charge is -2.20. The lowest BCUT2D eigenvalue weighted by Crippen LogP contribution is -2.35. The molecule has 0 aliphatic heterocycles. The molecule has 0 aromatic carbocycles. The Balaban J connectivity index is 2.85. The summed E-state index contributed by atoms with van der Waals surface area (Å²) < 4.78 is 5.85. The number of ether oxygens (including phenoxy) is 1. The van der Waals surface area contributed by atoms with Gasteiger partial charge in [0.1, 0.15) is 11.1 Å². The first-order valence-corrected chi connectivity index (χ1v) is 8.58. The van der Waals surface area contributed by atoms with Crippen LogP contribution in [-0.4, -0.2) is 17.1 Å². The number of aromatic nitrogens is 1. The highest BCUT2D eigenvalue weighted by atomic mass is 32.1. The molecular formula is C16H30N2OS. The Morgan fingerprint density at radius 1 is 1.25 bits per heavy atom. The Morgan fingerprint density at radius 2 is 1.95 bits per heavy atom. The van der Waals surface area contributed by atoms with Crippen LogP contribution in [0.1, 0.15) is 76.1 Å². The Hall–Kier alpha value is -0.450. The molecule has 116 valence electrons. The second-order valence-corrected chi connectivity index (χ2v) is 7.23. The SMILES string of the molecule is CCCC(OCC)c1nc(CC)c(CNC(C)(C)C)s1. The fourth-order valence-corrected chi connectivity index (χ4v) is 3.22. The van der Waals surface area contributed by atoms with Crippen molar-refractivity contribution < 1.29 is 4.74 Å². The Labute approximate surface area is 128 Å². The molecular weight excluding hydrogens is 268 g/mol. The van der Waals surface area contributed by atoms with Crippen LogP contribution in [0.3, 0.4) is 0 Å². The van der Waals surface area contributed by atoms with Crippen molar-refractivity contribution in [3.05, 3.63) is 15.6 Å². The molecule has 1 unspecified atom stereocenters. The Morgan fingerprint density at radius 3 is 2.45 bits per heavy atom. The van der Waals surface area contributed by atoms with Crippen LogP contribution in [0, 0.1) is 0 Å². The van der Waals surface area contributed by atoms with Crippen LogP contribution in [0.15, 0.2) is 0 Å². The quantitative estimate of drug-likeness (QED) is 0.769. The standard InChI is InChI=1S/C16H30N2OS/c1-7-10-13(19-9-3)15-18-12(8-2)14(20-15)11-17-16(4,5)6/h13,17H,7-11H2,1-6H3. The van der Waals surface area contributed by atoms with Crippen LogP contribution in [0.5, 0.6) is 0 Å². The van der Waals surface area contributed by atoms with Gasteiger partial charge in [-0.25, -0.2) is 4.98 Å². The molecule has 1 N–H and O–H groups in total. The first-order valence-electron chi connectivity index (χ1n) is 7.76. The average molecular weight is 298 g/mol. The van der Waals surface area contributed by atoms with Crippen molar-refractivity contribution in [3.63, 3.8) is 0 Å². The van der Waals surface area contributed by atoms with E-state index in [-0.39, 0.29) is 11.6 Å². The van der Waals surface area contributed by atoms with Gasteiger partial charge < -0.3 is 10.1 Å². The van der Waals surface area contributed by atoms with E-state index in [9.17, 15) is 0 Å². The summed E-state index contributed by atoms with van der Waals surface area (Å²) in [4.78, 5) is 6.18. The number of aryl methyl sites for hydroxylation is 1. The third-order valence-corrected chi connectivity index (χ3v) is 4.29. The monoisotopic (exact) mass is 298 g/mol. The molecule has 0 saturated heterocycles. The van der Waals surface area contributed by atoms with Gasteiger partial charge in [0.05, 0.1) is 5.69 Å². The van der Waals surface area contributed by atoms with Gasteiger partial charge in [0.25, 0.3) is 0 Å². The predicted molar refractivity (Wildman–Crippen MR) is 87.4 cm³/mol. The number of hydrogen-bond acceptors (Lipinski definition) is 4. The topological polar surface area (TPSA) is 34.1 Å². The number of hydrogen-bond donors (Lipinski definition) is 1. The molecule has 1 rings (SSSR count). The van der Waals surface area contributed by atoms with E-state index in [1.54, 1.807) is 0 Å². The van der Waals surface area contributed by atoms with Crippen molar-refractivity contribution in [2.75, 3.05) is 6.61 Å². The minimum absolute atomic E-state index is 0.137. The van der Waals surface area contributed by atoms with Gasteiger partial charge in [-0.2, -0.15) is 0 Å². The van der Waals surface area contributed by atoms with Crippen molar-refractivity contribution >= 4 is 11.3 Å². The number of nitrogens with zero attached hydrogens (tertiary/aromatic N) is 1. The first-order chi connectivity index (χ1) is 9.41. The normalized spacial score (nSPS) is 13.7. The minimum Gasteiger partial charge on any atom is -0.371 e. The van der Waals surface area contributed by atoms with Crippen LogP contribution >= 0.6 is 11.3 Å². The lowest BCUT2D eigenvalue weighted by atomic mass is 10.1. The number of nitrogens with one attached hydrogen (secondary N) is 1. The van der Waals surface area contributed by atoms with E-state index in [1.807, 2.05) is 11.3 Å². The molecule has 0 saturated carbocycles. The minimum atomic E-state index is 0.137. The van der Waals surface area contributed by atoms with E-state index in [0.29, 0.717) is 0 Å². The fraction of sp³-hybridized carbons (Fsp3) is 0.812. The first kappa shape index (κ1) is 17.6. The smallest absolute Gasteiger partial charge is 0.122 e. The van der Waals surface area contributed by atoms with Crippen molar-refractivity contribution in [1.82, 2.24) is 10.3 Å². The molecule has 1 aromatic heterocycles. The van der Waals surface area contributed by atoms with Crippen molar-refractivity contribution in [2.45, 2.75) is 79.0 Å². The summed E-state index contributed by atoms with van der Waals surface area (Å²) in [5.74, 6) is 0. The van der Waals surface area contributed by atoms with Crippen LogP contribution in [0.4, 0.5) is 0 Å². The van der Waals surface area contributed by atoms with E-state index in [0.717, 1.165) is 37.4 Å². The highest BCUT2D eigenvalue weighted by Gasteiger charge is 2.19. The number of thiazole rings is 1. The van der Waals surface area contributed by atoms with Gasteiger partial charge in [-0.05, 0) is 40.5 Å². The lowest BCUT2D eigenvalue weighted by molar-refractivity contribution is 0.0554. The van der Waals surface area contributed by atoms with Gasteiger partial charge in [-0.1, -0.05) is 20.3 Å². The molecule has 20 heavy (non-hydrogen) atoms. The number of rotatable bonds is 8. The summed E-state index contributed by atoms with van der Waals surface area (Å²) in [5.41, 5.74) is 1.36. The van der Waals surface area contributed by atoms with Crippen LogP contribution in [0.2, 0.25) is 0 Å². The van der Waals surface area contributed by atoms with Crippen LogP contribution in [-0.2, 0) is 17.7 Å². The molecule has 0 fully saturated rings. The Bertz CT molecular complexity index is 390. The molecule has 0 aliphatic rings. The second kappa shape index (κ2) is 8.11. The maximum atomic E-state index is 5.85. The van der Waals surface area contributed by atoms with Crippen molar-refractivity contribution in [2.24, 2.45) is 0 Å². The molecule has 0 amide bonds. The van der Waals surface area contributed by atoms with Gasteiger partial charge in [0.2, 0.25) is 0 Å². The fourth-order valence-electron chi connectivity index (χ4n) is 2.04. The Kier molecular flexibility index (Phi) is 7.13. The summed E-state index contributed by atoms with van der Waals surface area (Å²) in [6.07, 6.45) is 3.34. The van der Waals surface area contributed by atoms with E-state index in [2.05, 4.69) is 46.9 Å². The largest absolute Gasteiger partial charge is 0.371 e. The third kappa shape index (κ3) is 5.51. The third-order valence-electron chi connectivity index (χ3n) is 3.10. The molecule has 4 heteroatoms. The maximum absolute atomic E-state index is 5.85. The molecule has 3 nitrogen and oxygen atoms in total. The molecule has 0 radical (unpaired) electrons. The van der Waals surface area contributed by atoms with E-state index in [4.69, 9.17) is 9.72 Å². The second-order valence-electron chi connectivity index (χ2n) is 6.11. The molecule has 1 heterocycles. The highest BCUT2D eigenvalue weighted by molar-refractivity contribution is 7.11. The zero-order valence-corrected chi connectivity index (χ0v) is 14.7. The van der Waals surface area contributed by atoms with Crippen molar-refractivity contribution in [1.29, 1.82) is 0 Å². The van der Waals surface area contributed by atoms with Gasteiger partial charge in [0.15, 0.2) is 0 Å². The predicted octanol–water partition coefficient (Wildman–Crippen LogP) is 4.47. The van der Waals surface area contributed by atoms with Gasteiger partial charge in [-0.3, -0.25) is 0 Å². The maximum Gasteiger partial charge on any atom is 0.122 e. The summed E-state index contributed by atoms with van der Waals surface area (Å²) >= 11 is 1.81. The summed E-state index contributed by atoms with van der Waals surface area (Å²) in [7, 11) is 0. The highest BCUT2D eigenvalue weighted by Crippen LogP contribution is 2.30. The summed E-state index contributed by atoms with van der Waals surface area (Å²) in [5, 5.41) is 4.71.